The van der Waals surface area contributed by atoms with Gasteiger partial charge in [0.05, 0.1) is 6.54 Å². The van der Waals surface area contributed by atoms with Gasteiger partial charge in [-0.15, -0.1) is 0 Å². The van der Waals surface area contributed by atoms with E-state index in [2.05, 4.69) is 37.8 Å². The summed E-state index contributed by atoms with van der Waals surface area (Å²) in [6.45, 7) is 2.83. The van der Waals surface area contributed by atoms with Crippen molar-refractivity contribution >= 4 is 0 Å². The first-order chi connectivity index (χ1) is 10.9. The lowest BCUT2D eigenvalue weighted by molar-refractivity contribution is 0.0939. The van der Waals surface area contributed by atoms with E-state index in [-0.39, 0.29) is 6.10 Å². The van der Waals surface area contributed by atoms with Crippen LogP contribution in [0.15, 0.2) is 36.8 Å². The molecule has 5 nitrogen and oxygen atoms in total. The van der Waals surface area contributed by atoms with Crippen LogP contribution in [0.5, 0.6) is 6.01 Å². The highest BCUT2D eigenvalue weighted by molar-refractivity contribution is 5.10. The van der Waals surface area contributed by atoms with E-state index in [1.165, 1.54) is 31.4 Å². The number of hydrogen-bond acceptors (Lipinski definition) is 4. The van der Waals surface area contributed by atoms with E-state index in [1.807, 2.05) is 6.07 Å². The van der Waals surface area contributed by atoms with E-state index in [9.17, 15) is 0 Å². The Labute approximate surface area is 130 Å². The predicted octanol–water partition coefficient (Wildman–Crippen LogP) is 2.48. The Balaban J connectivity index is 1.55. The van der Waals surface area contributed by atoms with Crippen molar-refractivity contribution in [1.82, 2.24) is 19.4 Å². The minimum Gasteiger partial charge on any atom is -0.457 e. The fourth-order valence-electron chi connectivity index (χ4n) is 3.70. The van der Waals surface area contributed by atoms with Crippen molar-refractivity contribution in [2.45, 2.75) is 50.9 Å². The Morgan fingerprint density at radius 3 is 2.68 bits per heavy atom. The van der Waals surface area contributed by atoms with Crippen molar-refractivity contribution < 1.29 is 4.74 Å². The standard InChI is InChI=1S/C17H22N4O/c1-2-6-14(5-1)21-11-15-7-3-10-20(15)12-16(13-21)22-17-18-8-4-9-19-17/h3-4,7-10,14,16H,1-2,5-6,11-13H2. The van der Waals surface area contributed by atoms with Gasteiger partial charge in [-0.2, -0.15) is 0 Å². The summed E-state index contributed by atoms with van der Waals surface area (Å²) in [6, 6.07) is 7.35. The zero-order valence-electron chi connectivity index (χ0n) is 12.8. The second kappa shape index (κ2) is 6.08. The molecule has 0 aromatic carbocycles. The monoisotopic (exact) mass is 298 g/mol. The van der Waals surface area contributed by atoms with Gasteiger partial charge in [0.1, 0.15) is 6.10 Å². The van der Waals surface area contributed by atoms with Crippen molar-refractivity contribution in [3.63, 3.8) is 0 Å². The highest BCUT2D eigenvalue weighted by atomic mass is 16.5. The van der Waals surface area contributed by atoms with Gasteiger partial charge in [-0.3, -0.25) is 4.90 Å². The van der Waals surface area contributed by atoms with Gasteiger partial charge in [-0.25, -0.2) is 9.97 Å². The first-order valence-corrected chi connectivity index (χ1v) is 8.20. The van der Waals surface area contributed by atoms with Crippen LogP contribution in [0, 0.1) is 0 Å². The Kier molecular flexibility index (Phi) is 3.81. The van der Waals surface area contributed by atoms with Crippen LogP contribution in [0.3, 0.4) is 0 Å². The molecule has 0 bridgehead atoms. The van der Waals surface area contributed by atoms with E-state index >= 15 is 0 Å². The molecule has 0 radical (unpaired) electrons. The maximum Gasteiger partial charge on any atom is 0.316 e. The number of hydrogen-bond donors (Lipinski definition) is 0. The van der Waals surface area contributed by atoms with Gasteiger partial charge in [-0.1, -0.05) is 12.8 Å². The van der Waals surface area contributed by atoms with Crippen LogP contribution in [-0.2, 0) is 13.1 Å². The molecule has 5 heteroatoms. The molecule has 4 rings (SSSR count). The zero-order valence-corrected chi connectivity index (χ0v) is 12.8. The molecule has 22 heavy (non-hydrogen) atoms. The third-order valence-electron chi connectivity index (χ3n) is 4.78. The second-order valence-electron chi connectivity index (χ2n) is 6.29. The molecule has 116 valence electrons. The second-order valence-corrected chi connectivity index (χ2v) is 6.29. The molecule has 1 aliphatic carbocycles. The highest BCUT2D eigenvalue weighted by Crippen LogP contribution is 2.27. The molecule has 2 aliphatic rings. The lowest BCUT2D eigenvalue weighted by Crippen LogP contribution is -2.40. The smallest absolute Gasteiger partial charge is 0.316 e. The normalized spacial score (nSPS) is 23.2. The molecule has 1 aliphatic heterocycles. The molecular weight excluding hydrogens is 276 g/mol. The van der Waals surface area contributed by atoms with Crippen LogP contribution < -0.4 is 4.74 Å². The Morgan fingerprint density at radius 2 is 1.86 bits per heavy atom. The van der Waals surface area contributed by atoms with Gasteiger partial charge in [0, 0.05) is 43.4 Å². The first-order valence-electron chi connectivity index (χ1n) is 8.20. The number of aromatic nitrogens is 3. The van der Waals surface area contributed by atoms with Gasteiger partial charge >= 0.3 is 6.01 Å². The lowest BCUT2D eigenvalue weighted by Gasteiger charge is -2.29. The minimum absolute atomic E-state index is 0.0941. The maximum absolute atomic E-state index is 6.07. The molecule has 0 N–H and O–H groups in total. The van der Waals surface area contributed by atoms with E-state index in [1.54, 1.807) is 12.4 Å². The molecule has 0 spiro atoms. The van der Waals surface area contributed by atoms with Crippen LogP contribution >= 0.6 is 0 Å². The molecule has 3 heterocycles. The Bertz CT molecular complexity index is 606. The Hall–Kier alpha value is -1.88. The molecule has 1 saturated carbocycles. The van der Waals surface area contributed by atoms with Gasteiger partial charge in [-0.05, 0) is 31.0 Å². The molecule has 0 saturated heterocycles. The third-order valence-corrected chi connectivity index (χ3v) is 4.78. The van der Waals surface area contributed by atoms with Gasteiger partial charge < -0.3 is 9.30 Å². The number of nitrogens with zero attached hydrogens (tertiary/aromatic N) is 4. The summed E-state index contributed by atoms with van der Waals surface area (Å²) in [4.78, 5) is 11.0. The summed E-state index contributed by atoms with van der Waals surface area (Å²) in [7, 11) is 0. The van der Waals surface area contributed by atoms with Crippen molar-refractivity contribution in [3.05, 3.63) is 42.5 Å². The molecular formula is C17H22N4O. The molecule has 0 amide bonds. The fourth-order valence-corrected chi connectivity index (χ4v) is 3.70. The average Bonchev–Trinajstić information content (AvgIpc) is 3.18. The van der Waals surface area contributed by atoms with Crippen molar-refractivity contribution in [2.75, 3.05) is 6.54 Å². The predicted molar refractivity (Wildman–Crippen MR) is 83.5 cm³/mol. The van der Waals surface area contributed by atoms with Crippen molar-refractivity contribution in [1.29, 1.82) is 0 Å². The molecule has 1 atom stereocenters. The molecule has 1 unspecified atom stereocenters. The first kappa shape index (κ1) is 13.8. The summed E-state index contributed by atoms with van der Waals surface area (Å²) in [6.07, 6.45) is 11.0. The Morgan fingerprint density at radius 1 is 1.05 bits per heavy atom. The van der Waals surface area contributed by atoms with Gasteiger partial charge in [0.25, 0.3) is 0 Å². The van der Waals surface area contributed by atoms with Gasteiger partial charge in [0.15, 0.2) is 0 Å². The van der Waals surface area contributed by atoms with Crippen LogP contribution in [0.4, 0.5) is 0 Å². The van der Waals surface area contributed by atoms with Crippen LogP contribution in [-0.4, -0.2) is 38.1 Å². The SMILES string of the molecule is c1cnc(OC2CN(C3CCCC3)Cc3cccn3C2)nc1. The quantitative estimate of drug-likeness (QED) is 0.873. The van der Waals surface area contributed by atoms with Crippen LogP contribution in [0.1, 0.15) is 31.4 Å². The lowest BCUT2D eigenvalue weighted by atomic mass is 10.2. The van der Waals surface area contributed by atoms with Crippen molar-refractivity contribution in [3.8, 4) is 6.01 Å². The topological polar surface area (TPSA) is 43.2 Å². The minimum atomic E-state index is 0.0941. The van der Waals surface area contributed by atoms with E-state index in [0.29, 0.717) is 12.1 Å². The van der Waals surface area contributed by atoms with Gasteiger partial charge in [0.2, 0.25) is 0 Å². The van der Waals surface area contributed by atoms with Crippen LogP contribution in [0.2, 0.25) is 0 Å². The fraction of sp³-hybridized carbons (Fsp3) is 0.529. The highest BCUT2D eigenvalue weighted by Gasteiger charge is 2.29. The van der Waals surface area contributed by atoms with Crippen molar-refractivity contribution in [2.24, 2.45) is 0 Å². The van der Waals surface area contributed by atoms with E-state index in [4.69, 9.17) is 4.74 Å². The summed E-state index contributed by atoms with van der Waals surface area (Å²) < 4.78 is 8.37. The average molecular weight is 298 g/mol. The number of rotatable bonds is 3. The number of ether oxygens (including phenoxy) is 1. The van der Waals surface area contributed by atoms with E-state index in [0.717, 1.165) is 19.6 Å². The third kappa shape index (κ3) is 2.86. The summed E-state index contributed by atoms with van der Waals surface area (Å²) >= 11 is 0. The zero-order chi connectivity index (χ0) is 14.8. The van der Waals surface area contributed by atoms with Crippen LogP contribution in [0.25, 0.3) is 0 Å². The van der Waals surface area contributed by atoms with E-state index < -0.39 is 0 Å². The molecule has 2 aromatic rings. The summed E-state index contributed by atoms with van der Waals surface area (Å²) in [5.41, 5.74) is 1.38. The largest absolute Gasteiger partial charge is 0.457 e. The molecule has 1 fully saturated rings. The summed E-state index contributed by atoms with van der Waals surface area (Å²) in [5.74, 6) is 0. The number of fused-ring (bicyclic) bond motifs is 1. The summed E-state index contributed by atoms with van der Waals surface area (Å²) in [5, 5.41) is 0. The maximum atomic E-state index is 6.07. The molecule has 2 aromatic heterocycles.